The van der Waals surface area contributed by atoms with Crippen LogP contribution in [0, 0.1) is 0 Å². The monoisotopic (exact) mass is 285 g/mol. The highest BCUT2D eigenvalue weighted by molar-refractivity contribution is 5.87. The van der Waals surface area contributed by atoms with Crippen molar-refractivity contribution < 1.29 is 25.2 Å². The lowest BCUT2D eigenvalue weighted by Crippen LogP contribution is -2.39. The molecule has 1 unspecified atom stereocenters. The van der Waals surface area contributed by atoms with E-state index in [9.17, 15) is 4.79 Å². The number of aliphatic hydroxyl groups is 3. The highest BCUT2D eigenvalue weighted by Crippen LogP contribution is 1.96. The van der Waals surface area contributed by atoms with Crippen LogP contribution in [0.5, 0.6) is 0 Å². The number of carbonyl (C=O) groups is 1. The summed E-state index contributed by atoms with van der Waals surface area (Å²) < 4.78 is 0. The van der Waals surface area contributed by atoms with Gasteiger partial charge in [-0.05, 0) is 19.1 Å². The van der Waals surface area contributed by atoms with Gasteiger partial charge in [-0.15, -0.1) is 0 Å². The van der Waals surface area contributed by atoms with Crippen molar-refractivity contribution in [3.05, 3.63) is 35.9 Å². The second-order valence-corrected chi connectivity index (χ2v) is 4.19. The van der Waals surface area contributed by atoms with Crippen LogP contribution < -0.4 is 0 Å². The third-order valence-electron chi connectivity index (χ3n) is 2.68. The number of hydrogen-bond donors (Lipinski definition) is 4. The first-order chi connectivity index (χ1) is 9.56. The van der Waals surface area contributed by atoms with Crippen molar-refractivity contribution in [3.63, 3.8) is 0 Å². The van der Waals surface area contributed by atoms with Crippen LogP contribution in [0.2, 0.25) is 0 Å². The number of hydrogen-bond acceptors (Lipinski definition) is 5. The van der Waals surface area contributed by atoms with Gasteiger partial charge in [0.05, 0.1) is 25.4 Å². The zero-order valence-corrected chi connectivity index (χ0v) is 11.6. The maximum Gasteiger partial charge on any atom is 0.335 e. The SMILES string of the molecule is CC(CO)N(CCO)CCO.O=C(O)c1ccccc1. The molecular formula is C14H23NO5. The molecule has 0 fully saturated rings. The van der Waals surface area contributed by atoms with Crippen molar-refractivity contribution in [2.24, 2.45) is 0 Å². The summed E-state index contributed by atoms with van der Waals surface area (Å²) in [7, 11) is 0. The lowest BCUT2D eigenvalue weighted by atomic mass is 10.2. The van der Waals surface area contributed by atoms with E-state index in [0.29, 0.717) is 18.7 Å². The standard InChI is InChI=1S/C7H17NO3.C7H6O2/c1-7(6-11)8(2-4-9)3-5-10;8-7(9)6-4-2-1-3-5-6/h7,9-11H,2-6H2,1H3;1-5H,(H,8,9). The van der Waals surface area contributed by atoms with Crippen LogP contribution in [0.4, 0.5) is 0 Å². The lowest BCUT2D eigenvalue weighted by molar-refractivity contribution is 0.0697. The molecule has 1 aromatic carbocycles. The van der Waals surface area contributed by atoms with Gasteiger partial charge >= 0.3 is 5.97 Å². The average Bonchev–Trinajstić information content (AvgIpc) is 2.47. The van der Waals surface area contributed by atoms with Gasteiger partial charge in [0.2, 0.25) is 0 Å². The van der Waals surface area contributed by atoms with E-state index in [1.807, 2.05) is 11.8 Å². The van der Waals surface area contributed by atoms with E-state index in [2.05, 4.69) is 0 Å². The third kappa shape index (κ3) is 7.85. The van der Waals surface area contributed by atoms with E-state index < -0.39 is 5.97 Å². The predicted molar refractivity (Wildman–Crippen MR) is 75.7 cm³/mol. The van der Waals surface area contributed by atoms with Crippen LogP contribution >= 0.6 is 0 Å². The number of carboxylic acid groups (broad SMARTS) is 1. The number of carboxylic acids is 1. The Kier molecular flexibility index (Phi) is 10.5. The number of benzene rings is 1. The summed E-state index contributed by atoms with van der Waals surface area (Å²) in [5, 5.41) is 34.3. The molecule has 0 amide bonds. The van der Waals surface area contributed by atoms with Crippen LogP contribution in [0.15, 0.2) is 30.3 Å². The summed E-state index contributed by atoms with van der Waals surface area (Å²) in [5.41, 5.74) is 0.331. The molecule has 0 heterocycles. The van der Waals surface area contributed by atoms with Gasteiger partial charge in [-0.1, -0.05) is 18.2 Å². The Morgan fingerprint density at radius 1 is 1.10 bits per heavy atom. The zero-order valence-electron chi connectivity index (χ0n) is 11.6. The molecule has 114 valence electrons. The van der Waals surface area contributed by atoms with Crippen molar-refractivity contribution in [2.75, 3.05) is 32.9 Å². The van der Waals surface area contributed by atoms with Crippen molar-refractivity contribution in [1.29, 1.82) is 0 Å². The molecular weight excluding hydrogens is 262 g/mol. The quantitative estimate of drug-likeness (QED) is 0.564. The Morgan fingerprint density at radius 2 is 1.60 bits per heavy atom. The number of rotatable bonds is 7. The fraction of sp³-hybridized carbons (Fsp3) is 0.500. The molecule has 0 aliphatic rings. The molecule has 0 spiro atoms. The minimum Gasteiger partial charge on any atom is -0.478 e. The summed E-state index contributed by atoms with van der Waals surface area (Å²) in [5.74, 6) is -0.879. The molecule has 20 heavy (non-hydrogen) atoms. The van der Waals surface area contributed by atoms with Crippen LogP contribution in [0.1, 0.15) is 17.3 Å². The second kappa shape index (κ2) is 11.4. The number of nitrogens with zero attached hydrogens (tertiary/aromatic N) is 1. The Balaban J connectivity index is 0.000000367. The Bertz CT molecular complexity index is 352. The van der Waals surface area contributed by atoms with Crippen molar-refractivity contribution in [3.8, 4) is 0 Å². The minimum absolute atomic E-state index is 0.00861. The lowest BCUT2D eigenvalue weighted by Gasteiger charge is -2.25. The predicted octanol–water partition coefficient (Wildman–Crippen LogP) is 0.0386. The van der Waals surface area contributed by atoms with E-state index in [1.54, 1.807) is 30.3 Å². The fourth-order valence-corrected chi connectivity index (χ4v) is 1.51. The summed E-state index contributed by atoms with van der Waals surface area (Å²) >= 11 is 0. The van der Waals surface area contributed by atoms with Crippen LogP contribution in [-0.2, 0) is 0 Å². The van der Waals surface area contributed by atoms with E-state index in [0.717, 1.165) is 0 Å². The van der Waals surface area contributed by atoms with Gasteiger partial charge in [0.25, 0.3) is 0 Å². The van der Waals surface area contributed by atoms with Crippen molar-refractivity contribution >= 4 is 5.97 Å². The Labute approximate surface area is 118 Å². The van der Waals surface area contributed by atoms with E-state index in [1.165, 1.54) is 0 Å². The summed E-state index contributed by atoms with van der Waals surface area (Å²) in [6.07, 6.45) is 0. The molecule has 0 saturated carbocycles. The van der Waals surface area contributed by atoms with Crippen LogP contribution in [-0.4, -0.2) is 70.2 Å². The minimum atomic E-state index is -0.879. The van der Waals surface area contributed by atoms with Crippen LogP contribution in [0.3, 0.4) is 0 Å². The van der Waals surface area contributed by atoms with Crippen molar-refractivity contribution in [1.82, 2.24) is 4.90 Å². The normalized spacial score (nSPS) is 11.7. The van der Waals surface area contributed by atoms with Crippen molar-refractivity contribution in [2.45, 2.75) is 13.0 Å². The van der Waals surface area contributed by atoms with Gasteiger partial charge in [-0.3, -0.25) is 4.90 Å². The van der Waals surface area contributed by atoms with Gasteiger partial charge in [0.15, 0.2) is 0 Å². The molecule has 1 rings (SSSR count). The molecule has 4 N–H and O–H groups in total. The molecule has 0 radical (unpaired) electrons. The molecule has 1 aromatic rings. The van der Waals surface area contributed by atoms with Gasteiger partial charge < -0.3 is 20.4 Å². The average molecular weight is 285 g/mol. The molecule has 1 atom stereocenters. The topological polar surface area (TPSA) is 101 Å². The Morgan fingerprint density at radius 3 is 1.90 bits per heavy atom. The summed E-state index contributed by atoms with van der Waals surface area (Å²) in [6.45, 7) is 3.03. The number of aliphatic hydroxyl groups excluding tert-OH is 3. The largest absolute Gasteiger partial charge is 0.478 e. The maximum absolute atomic E-state index is 10.2. The van der Waals surface area contributed by atoms with Crippen LogP contribution in [0.25, 0.3) is 0 Å². The molecule has 0 aromatic heterocycles. The first-order valence-corrected chi connectivity index (χ1v) is 6.41. The van der Waals surface area contributed by atoms with E-state index in [4.69, 9.17) is 20.4 Å². The third-order valence-corrected chi connectivity index (χ3v) is 2.68. The molecule has 6 heteroatoms. The molecule has 0 bridgehead atoms. The van der Waals surface area contributed by atoms with E-state index in [-0.39, 0.29) is 25.9 Å². The first-order valence-electron chi connectivity index (χ1n) is 6.41. The van der Waals surface area contributed by atoms with Gasteiger partial charge in [-0.2, -0.15) is 0 Å². The van der Waals surface area contributed by atoms with E-state index >= 15 is 0 Å². The Hall–Kier alpha value is -1.47. The van der Waals surface area contributed by atoms with Gasteiger partial charge in [0, 0.05) is 19.1 Å². The van der Waals surface area contributed by atoms with Gasteiger partial charge in [-0.25, -0.2) is 4.79 Å². The first kappa shape index (κ1) is 18.5. The zero-order chi connectivity index (χ0) is 15.4. The molecule has 0 aliphatic heterocycles. The highest BCUT2D eigenvalue weighted by atomic mass is 16.4. The fourth-order valence-electron chi connectivity index (χ4n) is 1.51. The molecule has 6 nitrogen and oxygen atoms in total. The smallest absolute Gasteiger partial charge is 0.335 e. The second-order valence-electron chi connectivity index (χ2n) is 4.19. The highest BCUT2D eigenvalue weighted by Gasteiger charge is 2.10. The summed E-state index contributed by atoms with van der Waals surface area (Å²) in [4.78, 5) is 12.0. The maximum atomic E-state index is 10.2. The molecule has 0 aliphatic carbocycles. The number of aromatic carboxylic acids is 1. The summed E-state index contributed by atoms with van der Waals surface area (Å²) in [6, 6.07) is 8.30. The van der Waals surface area contributed by atoms with Gasteiger partial charge in [0.1, 0.15) is 0 Å². The molecule has 0 saturated heterocycles.